The van der Waals surface area contributed by atoms with Crippen LogP contribution >= 0.6 is 11.8 Å². The third kappa shape index (κ3) is 4.15. The lowest BCUT2D eigenvalue weighted by molar-refractivity contribution is -0.116. The van der Waals surface area contributed by atoms with Crippen molar-refractivity contribution in [2.24, 2.45) is 5.73 Å². The molecule has 0 unspecified atom stereocenters. The molecule has 0 aliphatic rings. The number of benzene rings is 2. The number of amides is 3. The molecule has 0 saturated carbocycles. The zero-order valence-electron chi connectivity index (χ0n) is 14.2. The number of aromatic nitrogens is 2. The van der Waals surface area contributed by atoms with Gasteiger partial charge in [0.15, 0.2) is 0 Å². The molecule has 0 aliphatic carbocycles. The lowest BCUT2D eigenvalue weighted by Gasteiger charge is -2.10. The number of anilines is 2. The summed E-state index contributed by atoms with van der Waals surface area (Å²) in [6, 6.07) is 13.9. The molecule has 134 valence electrons. The van der Waals surface area contributed by atoms with Gasteiger partial charge in [0.25, 0.3) is 0 Å². The number of nitrogens with zero attached hydrogens (tertiary/aromatic N) is 2. The fourth-order valence-electron chi connectivity index (χ4n) is 2.70. The first-order chi connectivity index (χ1) is 12.6. The van der Waals surface area contributed by atoms with E-state index in [1.807, 2.05) is 35.1 Å². The summed E-state index contributed by atoms with van der Waals surface area (Å²) in [5.74, 6) is 1.41. The highest BCUT2D eigenvalue weighted by Crippen LogP contribution is 2.20. The number of hydrogen-bond donors (Lipinski definition) is 3. The van der Waals surface area contributed by atoms with Gasteiger partial charge in [-0.25, -0.2) is 9.78 Å². The number of nitrogens with one attached hydrogen (secondary N) is 2. The Kier molecular flexibility index (Phi) is 5.43. The van der Waals surface area contributed by atoms with E-state index in [9.17, 15) is 9.59 Å². The third-order valence-electron chi connectivity index (χ3n) is 3.72. The zero-order valence-corrected chi connectivity index (χ0v) is 15.0. The van der Waals surface area contributed by atoms with Gasteiger partial charge in [0.05, 0.1) is 16.8 Å². The van der Waals surface area contributed by atoms with Crippen molar-refractivity contribution in [3.63, 3.8) is 0 Å². The van der Waals surface area contributed by atoms with Gasteiger partial charge in [-0.15, -0.1) is 0 Å². The normalized spacial score (nSPS) is 10.7. The van der Waals surface area contributed by atoms with Crippen LogP contribution in [0.25, 0.3) is 11.0 Å². The van der Waals surface area contributed by atoms with Gasteiger partial charge in [-0.3, -0.25) is 4.79 Å². The average molecular weight is 369 g/mol. The number of para-hydroxylation sites is 2. The van der Waals surface area contributed by atoms with E-state index in [-0.39, 0.29) is 12.5 Å². The molecule has 2 aromatic carbocycles. The Morgan fingerprint density at radius 1 is 1.12 bits per heavy atom. The van der Waals surface area contributed by atoms with E-state index in [2.05, 4.69) is 15.6 Å². The summed E-state index contributed by atoms with van der Waals surface area (Å²) in [7, 11) is 0. The molecule has 0 fully saturated rings. The maximum atomic E-state index is 12.5. The van der Waals surface area contributed by atoms with Crippen molar-refractivity contribution in [2.75, 3.05) is 16.9 Å². The van der Waals surface area contributed by atoms with Crippen LogP contribution in [0.1, 0.15) is 5.82 Å². The van der Waals surface area contributed by atoms with Crippen molar-refractivity contribution in [3.05, 3.63) is 54.4 Å². The SMILES string of the molecule is CSCc1nc2ccccc2n1CC(=O)Nc1cccc(NC(N)=O)c1. The molecule has 3 amide bonds. The van der Waals surface area contributed by atoms with E-state index in [0.29, 0.717) is 11.4 Å². The van der Waals surface area contributed by atoms with Crippen molar-refractivity contribution in [3.8, 4) is 0 Å². The summed E-state index contributed by atoms with van der Waals surface area (Å²) in [6.07, 6.45) is 2.00. The Hall–Kier alpha value is -3.00. The molecule has 7 nitrogen and oxygen atoms in total. The molecule has 3 rings (SSSR count). The number of primary amides is 1. The molecule has 0 bridgehead atoms. The number of imidazole rings is 1. The van der Waals surface area contributed by atoms with Gasteiger partial charge in [0, 0.05) is 11.4 Å². The Balaban J connectivity index is 1.79. The minimum absolute atomic E-state index is 0.157. The van der Waals surface area contributed by atoms with Crippen molar-refractivity contribution in [1.29, 1.82) is 0 Å². The summed E-state index contributed by atoms with van der Waals surface area (Å²) >= 11 is 1.66. The summed E-state index contributed by atoms with van der Waals surface area (Å²) in [6.45, 7) is 0.157. The van der Waals surface area contributed by atoms with E-state index in [4.69, 9.17) is 5.73 Å². The summed E-state index contributed by atoms with van der Waals surface area (Å²) < 4.78 is 1.92. The summed E-state index contributed by atoms with van der Waals surface area (Å²) in [4.78, 5) is 28.1. The summed E-state index contributed by atoms with van der Waals surface area (Å²) in [5, 5.41) is 5.33. The Bertz CT molecular complexity index is 954. The molecular formula is C18H19N5O2S. The Labute approximate surface area is 155 Å². The molecule has 0 saturated heterocycles. The van der Waals surface area contributed by atoms with E-state index >= 15 is 0 Å². The number of carbonyl (C=O) groups is 2. The van der Waals surface area contributed by atoms with Crippen molar-refractivity contribution >= 4 is 46.1 Å². The molecule has 0 atom stereocenters. The fourth-order valence-corrected chi connectivity index (χ4v) is 3.18. The molecule has 26 heavy (non-hydrogen) atoms. The lowest BCUT2D eigenvalue weighted by Crippen LogP contribution is -2.21. The molecule has 0 aliphatic heterocycles. The molecule has 4 N–H and O–H groups in total. The highest BCUT2D eigenvalue weighted by Gasteiger charge is 2.13. The van der Waals surface area contributed by atoms with Crippen LogP contribution in [0, 0.1) is 0 Å². The highest BCUT2D eigenvalue weighted by atomic mass is 32.2. The van der Waals surface area contributed by atoms with Gasteiger partial charge in [0.1, 0.15) is 12.4 Å². The first-order valence-electron chi connectivity index (χ1n) is 7.96. The first kappa shape index (κ1) is 17.8. The van der Waals surface area contributed by atoms with E-state index in [0.717, 1.165) is 22.6 Å². The highest BCUT2D eigenvalue weighted by molar-refractivity contribution is 7.97. The van der Waals surface area contributed by atoms with Crippen molar-refractivity contribution < 1.29 is 9.59 Å². The van der Waals surface area contributed by atoms with Crippen LogP contribution in [-0.2, 0) is 17.1 Å². The van der Waals surface area contributed by atoms with Crippen LogP contribution in [0.2, 0.25) is 0 Å². The van der Waals surface area contributed by atoms with Crippen LogP contribution in [0.15, 0.2) is 48.5 Å². The average Bonchev–Trinajstić information content (AvgIpc) is 2.92. The third-order valence-corrected chi connectivity index (χ3v) is 4.27. The Morgan fingerprint density at radius 2 is 1.85 bits per heavy atom. The molecule has 0 radical (unpaired) electrons. The van der Waals surface area contributed by atoms with Gasteiger partial charge in [-0.05, 0) is 36.6 Å². The second-order valence-electron chi connectivity index (χ2n) is 5.65. The number of hydrogen-bond acceptors (Lipinski definition) is 4. The molecular weight excluding hydrogens is 350 g/mol. The number of rotatable bonds is 6. The van der Waals surface area contributed by atoms with Gasteiger partial charge in [-0.1, -0.05) is 18.2 Å². The minimum Gasteiger partial charge on any atom is -0.351 e. The van der Waals surface area contributed by atoms with Gasteiger partial charge >= 0.3 is 6.03 Å². The fraction of sp³-hybridized carbons (Fsp3) is 0.167. The second-order valence-corrected chi connectivity index (χ2v) is 6.52. The number of carbonyl (C=O) groups excluding carboxylic acids is 2. The van der Waals surface area contributed by atoms with E-state index in [1.165, 1.54) is 0 Å². The monoisotopic (exact) mass is 369 g/mol. The minimum atomic E-state index is -0.653. The van der Waals surface area contributed by atoms with Crippen molar-refractivity contribution in [1.82, 2.24) is 9.55 Å². The predicted octanol–water partition coefficient (Wildman–Crippen LogP) is 3.03. The van der Waals surface area contributed by atoms with E-state index in [1.54, 1.807) is 36.0 Å². The number of thioether (sulfide) groups is 1. The first-order valence-corrected chi connectivity index (χ1v) is 9.35. The molecule has 1 aromatic heterocycles. The Morgan fingerprint density at radius 3 is 2.58 bits per heavy atom. The van der Waals surface area contributed by atoms with Crippen LogP contribution in [-0.4, -0.2) is 27.7 Å². The maximum absolute atomic E-state index is 12.5. The smallest absolute Gasteiger partial charge is 0.316 e. The molecule has 0 spiro atoms. The number of urea groups is 1. The predicted molar refractivity (Wildman–Crippen MR) is 105 cm³/mol. The molecule has 1 heterocycles. The van der Waals surface area contributed by atoms with Gasteiger partial charge in [0.2, 0.25) is 5.91 Å². The number of fused-ring (bicyclic) bond motifs is 1. The largest absolute Gasteiger partial charge is 0.351 e. The van der Waals surface area contributed by atoms with Gasteiger partial charge in [-0.2, -0.15) is 11.8 Å². The van der Waals surface area contributed by atoms with Crippen LogP contribution in [0.4, 0.5) is 16.2 Å². The zero-order chi connectivity index (χ0) is 18.5. The second kappa shape index (κ2) is 7.92. The van der Waals surface area contributed by atoms with Crippen LogP contribution in [0.3, 0.4) is 0 Å². The quantitative estimate of drug-likeness (QED) is 0.621. The molecule has 3 aromatic rings. The lowest BCUT2D eigenvalue weighted by atomic mass is 10.2. The summed E-state index contributed by atoms with van der Waals surface area (Å²) in [5.41, 5.74) is 8.01. The van der Waals surface area contributed by atoms with Gasteiger partial charge < -0.3 is 20.9 Å². The topological polar surface area (TPSA) is 102 Å². The maximum Gasteiger partial charge on any atom is 0.316 e. The van der Waals surface area contributed by atoms with E-state index < -0.39 is 6.03 Å². The standard InChI is InChI=1S/C18H19N5O2S/c1-26-11-16-22-14-7-2-3-8-15(14)23(16)10-17(24)20-12-5-4-6-13(9-12)21-18(19)25/h2-9H,10-11H2,1H3,(H,20,24)(H3,19,21,25). The van der Waals surface area contributed by atoms with Crippen molar-refractivity contribution in [2.45, 2.75) is 12.3 Å². The van der Waals surface area contributed by atoms with Crippen LogP contribution < -0.4 is 16.4 Å². The van der Waals surface area contributed by atoms with Crippen LogP contribution in [0.5, 0.6) is 0 Å². The number of nitrogens with two attached hydrogens (primary N) is 1. The molecule has 8 heteroatoms.